The van der Waals surface area contributed by atoms with Crippen LogP contribution in [0.1, 0.15) is 25.8 Å². The van der Waals surface area contributed by atoms with Crippen LogP contribution < -0.4 is 5.32 Å². The van der Waals surface area contributed by atoms with Gasteiger partial charge in [-0.25, -0.2) is 4.39 Å². The van der Waals surface area contributed by atoms with E-state index in [2.05, 4.69) is 5.32 Å². The smallest absolute Gasteiger partial charge is 0.146 e. The lowest BCUT2D eigenvalue weighted by molar-refractivity contribution is 0.373. The molecule has 1 nitrogen and oxygen atoms in total. The van der Waals surface area contributed by atoms with Crippen molar-refractivity contribution in [3.05, 3.63) is 34.6 Å². The van der Waals surface area contributed by atoms with Crippen LogP contribution in [0.4, 0.5) is 4.39 Å². The minimum Gasteiger partial charge on any atom is -0.308 e. The molecule has 0 saturated heterocycles. The zero-order valence-electron chi connectivity index (χ0n) is 9.49. The Labute approximate surface area is 106 Å². The van der Waals surface area contributed by atoms with E-state index in [1.807, 2.05) is 13.8 Å². The summed E-state index contributed by atoms with van der Waals surface area (Å²) in [4.78, 5) is 0. The van der Waals surface area contributed by atoms with Crippen LogP contribution in [-0.4, -0.2) is 11.4 Å². The molecule has 0 heterocycles. The van der Waals surface area contributed by atoms with Gasteiger partial charge in [0.1, 0.15) is 5.82 Å². The second-order valence-electron chi connectivity index (χ2n) is 4.39. The van der Waals surface area contributed by atoms with Crippen LogP contribution in [0.15, 0.2) is 18.2 Å². The van der Waals surface area contributed by atoms with Crippen LogP contribution in [0.3, 0.4) is 0 Å². The fraction of sp³-hybridized carbons (Fsp3) is 0.500. The minimum atomic E-state index is -0.349. The van der Waals surface area contributed by atoms with Gasteiger partial charge >= 0.3 is 0 Å². The van der Waals surface area contributed by atoms with Gasteiger partial charge in [-0.15, -0.1) is 11.6 Å². The number of hydrogen-bond donors (Lipinski definition) is 1. The Kier molecular flexibility index (Phi) is 5.03. The van der Waals surface area contributed by atoms with Crippen LogP contribution in [0, 0.1) is 5.82 Å². The Hall–Kier alpha value is -0.310. The summed E-state index contributed by atoms with van der Waals surface area (Å²) in [6.45, 7) is 4.53. The van der Waals surface area contributed by atoms with E-state index in [-0.39, 0.29) is 16.4 Å². The third-order valence-electron chi connectivity index (χ3n) is 2.51. The highest BCUT2D eigenvalue weighted by molar-refractivity contribution is 6.30. The highest BCUT2D eigenvalue weighted by atomic mass is 35.5. The molecule has 0 aliphatic heterocycles. The summed E-state index contributed by atoms with van der Waals surface area (Å²) in [7, 11) is 0. The van der Waals surface area contributed by atoms with Crippen molar-refractivity contribution in [2.75, 3.05) is 5.88 Å². The van der Waals surface area contributed by atoms with Crippen molar-refractivity contribution in [3.63, 3.8) is 0 Å². The fourth-order valence-corrected chi connectivity index (χ4v) is 2.01. The van der Waals surface area contributed by atoms with Crippen molar-refractivity contribution in [3.8, 4) is 0 Å². The quantitative estimate of drug-likeness (QED) is 0.793. The monoisotopic (exact) mass is 263 g/mol. The van der Waals surface area contributed by atoms with Crippen molar-refractivity contribution < 1.29 is 4.39 Å². The van der Waals surface area contributed by atoms with Crippen LogP contribution >= 0.6 is 23.2 Å². The molecular formula is C12H16Cl2FN. The predicted octanol–water partition coefficient (Wildman–Crippen LogP) is 3.98. The number of hydrogen-bond acceptors (Lipinski definition) is 1. The summed E-state index contributed by atoms with van der Waals surface area (Å²) < 4.78 is 13.6. The van der Waals surface area contributed by atoms with E-state index in [1.165, 1.54) is 0 Å². The van der Waals surface area contributed by atoms with Crippen molar-refractivity contribution in [1.82, 2.24) is 5.32 Å². The van der Waals surface area contributed by atoms with E-state index < -0.39 is 0 Å². The van der Waals surface area contributed by atoms with Crippen molar-refractivity contribution in [1.29, 1.82) is 0 Å². The Morgan fingerprint density at radius 1 is 1.38 bits per heavy atom. The first-order valence-electron chi connectivity index (χ1n) is 5.20. The summed E-state index contributed by atoms with van der Waals surface area (Å²) in [5, 5.41) is 3.42. The van der Waals surface area contributed by atoms with Gasteiger partial charge in [0, 0.05) is 23.5 Å². The lowest BCUT2D eigenvalue weighted by atomic mass is 10.0. The lowest BCUT2D eigenvalue weighted by Gasteiger charge is -2.25. The first-order valence-corrected chi connectivity index (χ1v) is 6.11. The maximum atomic E-state index is 13.6. The number of halogens is 3. The summed E-state index contributed by atoms with van der Waals surface area (Å²) >= 11 is 11.4. The largest absolute Gasteiger partial charge is 0.308 e. The fourth-order valence-electron chi connectivity index (χ4n) is 1.34. The molecule has 0 atom stereocenters. The first-order chi connectivity index (χ1) is 7.46. The molecule has 90 valence electrons. The molecule has 0 bridgehead atoms. The van der Waals surface area contributed by atoms with Crippen LogP contribution in [0.2, 0.25) is 5.02 Å². The first kappa shape index (κ1) is 13.8. The highest BCUT2D eigenvalue weighted by Crippen LogP contribution is 2.19. The van der Waals surface area contributed by atoms with E-state index in [9.17, 15) is 4.39 Å². The maximum absolute atomic E-state index is 13.6. The van der Waals surface area contributed by atoms with Crippen molar-refractivity contribution in [2.24, 2.45) is 0 Å². The van der Waals surface area contributed by atoms with Gasteiger partial charge in [0.25, 0.3) is 0 Å². The molecule has 0 amide bonds. The zero-order valence-corrected chi connectivity index (χ0v) is 11.0. The molecule has 0 fully saturated rings. The Balaban J connectivity index is 2.64. The second kappa shape index (κ2) is 5.85. The SMILES string of the molecule is CC(C)(CCCl)NCc1cccc(Cl)c1F. The van der Waals surface area contributed by atoms with Crippen molar-refractivity contribution in [2.45, 2.75) is 32.4 Å². The van der Waals surface area contributed by atoms with E-state index in [0.717, 1.165) is 6.42 Å². The third kappa shape index (κ3) is 3.93. The molecule has 4 heteroatoms. The summed E-state index contributed by atoms with van der Waals surface area (Å²) in [5.41, 5.74) is 0.478. The highest BCUT2D eigenvalue weighted by Gasteiger charge is 2.16. The lowest BCUT2D eigenvalue weighted by Crippen LogP contribution is -2.39. The summed E-state index contributed by atoms with van der Waals surface area (Å²) in [6.07, 6.45) is 0.830. The van der Waals surface area contributed by atoms with Gasteiger partial charge in [0.15, 0.2) is 0 Å². The topological polar surface area (TPSA) is 12.0 Å². The van der Waals surface area contributed by atoms with E-state index in [4.69, 9.17) is 23.2 Å². The van der Waals surface area contributed by atoms with Crippen LogP contribution in [-0.2, 0) is 6.54 Å². The predicted molar refractivity (Wildman–Crippen MR) is 67.7 cm³/mol. The molecule has 0 saturated carbocycles. The van der Waals surface area contributed by atoms with Crippen LogP contribution in [0.5, 0.6) is 0 Å². The van der Waals surface area contributed by atoms with Gasteiger partial charge in [0.05, 0.1) is 5.02 Å². The Bertz CT molecular complexity index is 353. The molecular weight excluding hydrogens is 248 g/mol. The number of rotatable bonds is 5. The van der Waals surface area contributed by atoms with Gasteiger partial charge in [0.2, 0.25) is 0 Å². The second-order valence-corrected chi connectivity index (χ2v) is 5.17. The molecule has 1 rings (SSSR count). The zero-order chi connectivity index (χ0) is 12.2. The summed E-state index contributed by atoms with van der Waals surface area (Å²) in [5.74, 6) is 0.233. The Morgan fingerprint density at radius 2 is 2.06 bits per heavy atom. The third-order valence-corrected chi connectivity index (χ3v) is 2.99. The van der Waals surface area contributed by atoms with Crippen molar-refractivity contribution >= 4 is 23.2 Å². The molecule has 16 heavy (non-hydrogen) atoms. The van der Waals surface area contributed by atoms with E-state index in [1.54, 1.807) is 18.2 Å². The molecule has 0 unspecified atom stereocenters. The number of nitrogens with one attached hydrogen (secondary N) is 1. The normalized spacial score (nSPS) is 11.8. The molecule has 0 aliphatic carbocycles. The molecule has 1 aromatic rings. The van der Waals surface area contributed by atoms with Crippen LogP contribution in [0.25, 0.3) is 0 Å². The standard InChI is InChI=1S/C12H16Cl2FN/c1-12(2,6-7-13)16-8-9-4-3-5-10(14)11(9)15/h3-5,16H,6-8H2,1-2H3. The molecule has 0 aliphatic rings. The average Bonchev–Trinajstić information content (AvgIpc) is 2.20. The molecule has 1 N–H and O–H groups in total. The molecule has 1 aromatic carbocycles. The van der Waals surface area contributed by atoms with Gasteiger partial charge in [-0.1, -0.05) is 23.7 Å². The molecule has 0 spiro atoms. The Morgan fingerprint density at radius 3 is 2.69 bits per heavy atom. The maximum Gasteiger partial charge on any atom is 0.146 e. The van der Waals surface area contributed by atoms with Gasteiger partial charge in [-0.3, -0.25) is 0 Å². The van der Waals surface area contributed by atoms with E-state index in [0.29, 0.717) is 18.0 Å². The molecule has 0 radical (unpaired) electrons. The van der Waals surface area contributed by atoms with Gasteiger partial charge in [-0.2, -0.15) is 0 Å². The van der Waals surface area contributed by atoms with Gasteiger partial charge < -0.3 is 5.32 Å². The van der Waals surface area contributed by atoms with Gasteiger partial charge in [-0.05, 0) is 26.3 Å². The number of benzene rings is 1. The average molecular weight is 264 g/mol. The van der Waals surface area contributed by atoms with E-state index >= 15 is 0 Å². The number of alkyl halides is 1. The molecule has 0 aromatic heterocycles. The summed E-state index contributed by atoms with van der Waals surface area (Å²) in [6, 6.07) is 5.02. The minimum absolute atomic E-state index is 0.101.